The molecule has 0 amide bonds. The summed E-state index contributed by atoms with van der Waals surface area (Å²) >= 11 is 0. The van der Waals surface area contributed by atoms with Crippen LogP contribution in [0.2, 0.25) is 0 Å². The predicted octanol–water partition coefficient (Wildman–Crippen LogP) is 3.39. The summed E-state index contributed by atoms with van der Waals surface area (Å²) < 4.78 is 0. The molecule has 2 rings (SSSR count). The van der Waals surface area contributed by atoms with Crippen LogP contribution in [0.4, 0.5) is 0 Å². The Balaban J connectivity index is 0.000000206. The molecule has 0 saturated carbocycles. The van der Waals surface area contributed by atoms with Gasteiger partial charge in [-0.3, -0.25) is 12.2 Å². The van der Waals surface area contributed by atoms with Crippen molar-refractivity contribution in [2.45, 2.75) is 25.7 Å². The fourth-order valence-electron chi connectivity index (χ4n) is 0.965. The summed E-state index contributed by atoms with van der Waals surface area (Å²) in [5, 5.41) is 0. The van der Waals surface area contributed by atoms with E-state index in [9.17, 15) is 0 Å². The second-order valence-corrected chi connectivity index (χ2v) is 2.68. The fourth-order valence-corrected chi connectivity index (χ4v) is 0.965. The molecule has 0 fully saturated rings. The summed E-state index contributed by atoms with van der Waals surface area (Å²) in [5.41, 5.74) is 0. The molecule has 0 aliphatic heterocycles. The van der Waals surface area contributed by atoms with Gasteiger partial charge in [0.1, 0.15) is 0 Å². The van der Waals surface area contributed by atoms with Crippen LogP contribution in [0.5, 0.6) is 0 Å². The first kappa shape index (κ1) is 12.6. The molecule has 0 radical (unpaired) electrons. The van der Waals surface area contributed by atoms with Crippen LogP contribution in [-0.4, -0.2) is 0 Å². The van der Waals surface area contributed by atoms with Crippen molar-refractivity contribution in [2.24, 2.45) is 0 Å². The van der Waals surface area contributed by atoms with Crippen molar-refractivity contribution in [3.8, 4) is 0 Å². The SMILES string of the molecule is [C-]1=CC=CCC1.[C-]1=CC=CCC1.[Ru+2]. The minimum atomic E-state index is 0. The summed E-state index contributed by atoms with van der Waals surface area (Å²) in [5.74, 6) is 0. The minimum absolute atomic E-state index is 0. The van der Waals surface area contributed by atoms with Gasteiger partial charge >= 0.3 is 19.5 Å². The molecule has 1 heteroatoms. The van der Waals surface area contributed by atoms with Crippen molar-refractivity contribution < 1.29 is 19.5 Å². The topological polar surface area (TPSA) is 0 Å². The van der Waals surface area contributed by atoms with E-state index in [4.69, 9.17) is 0 Å². The van der Waals surface area contributed by atoms with Crippen molar-refractivity contribution in [1.29, 1.82) is 0 Å². The first-order chi connectivity index (χ1) is 6.00. The maximum absolute atomic E-state index is 3.07. The van der Waals surface area contributed by atoms with Crippen molar-refractivity contribution in [3.63, 3.8) is 0 Å². The van der Waals surface area contributed by atoms with Gasteiger partial charge in [0.15, 0.2) is 0 Å². The van der Waals surface area contributed by atoms with Crippen LogP contribution in [-0.2, 0) is 19.5 Å². The van der Waals surface area contributed by atoms with Crippen molar-refractivity contribution >= 4 is 0 Å². The molecule has 13 heavy (non-hydrogen) atoms. The Kier molecular flexibility index (Phi) is 9.36. The minimum Gasteiger partial charge on any atom is -0.275 e. The van der Waals surface area contributed by atoms with Gasteiger partial charge in [-0.1, -0.05) is 12.8 Å². The summed E-state index contributed by atoms with van der Waals surface area (Å²) in [4.78, 5) is 0. The van der Waals surface area contributed by atoms with Crippen LogP contribution in [0, 0.1) is 12.2 Å². The Morgan fingerprint density at radius 3 is 1.31 bits per heavy atom. The molecule has 70 valence electrons. The molecule has 0 nitrogen and oxygen atoms in total. The van der Waals surface area contributed by atoms with E-state index in [0.717, 1.165) is 12.8 Å². The van der Waals surface area contributed by atoms with Gasteiger partial charge in [0.25, 0.3) is 0 Å². The van der Waals surface area contributed by atoms with Gasteiger partial charge in [0.05, 0.1) is 0 Å². The standard InChI is InChI=1S/2C6H7.Ru/c2*1-2-4-6-5-3-1;/h2*1-3H,4,6H2;/q2*-1;+2. The van der Waals surface area contributed by atoms with Crippen molar-refractivity contribution in [3.05, 3.63) is 48.6 Å². The smallest absolute Gasteiger partial charge is 0.275 e. The van der Waals surface area contributed by atoms with Crippen LogP contribution >= 0.6 is 0 Å². The average molecular weight is 259 g/mol. The third-order valence-corrected chi connectivity index (χ3v) is 1.61. The van der Waals surface area contributed by atoms with E-state index in [2.05, 4.69) is 24.3 Å². The molecule has 2 aliphatic rings. The van der Waals surface area contributed by atoms with Crippen LogP contribution in [0.1, 0.15) is 25.7 Å². The zero-order valence-electron chi connectivity index (χ0n) is 7.65. The van der Waals surface area contributed by atoms with E-state index < -0.39 is 0 Å². The van der Waals surface area contributed by atoms with Gasteiger partial charge in [0.2, 0.25) is 0 Å². The molecule has 0 aromatic rings. The van der Waals surface area contributed by atoms with Gasteiger partial charge < -0.3 is 0 Å². The molecule has 0 saturated heterocycles. The average Bonchev–Trinajstić information content (AvgIpc) is 2.24. The summed E-state index contributed by atoms with van der Waals surface area (Å²) in [6, 6.07) is 0. The zero-order valence-corrected chi connectivity index (χ0v) is 9.38. The van der Waals surface area contributed by atoms with Crippen molar-refractivity contribution in [2.75, 3.05) is 0 Å². The molecule has 0 N–H and O–H groups in total. The summed E-state index contributed by atoms with van der Waals surface area (Å²) in [6.45, 7) is 0. The second-order valence-electron chi connectivity index (χ2n) is 2.68. The molecular weight excluding hydrogens is 245 g/mol. The maximum atomic E-state index is 3.07. The van der Waals surface area contributed by atoms with Gasteiger partial charge in [-0.05, 0) is 0 Å². The summed E-state index contributed by atoms with van der Waals surface area (Å²) in [6.07, 6.45) is 23.0. The van der Waals surface area contributed by atoms with E-state index in [1.165, 1.54) is 12.8 Å². The first-order valence-electron chi connectivity index (χ1n) is 4.43. The van der Waals surface area contributed by atoms with Gasteiger partial charge in [-0.15, -0.1) is 12.8 Å². The first-order valence-corrected chi connectivity index (χ1v) is 4.43. The molecule has 0 heterocycles. The van der Waals surface area contributed by atoms with E-state index in [1.54, 1.807) is 0 Å². The Bertz CT molecular complexity index is 161. The molecule has 0 spiro atoms. The molecule has 2 aliphatic carbocycles. The molecule has 0 bridgehead atoms. The van der Waals surface area contributed by atoms with Crippen LogP contribution in [0.25, 0.3) is 0 Å². The quantitative estimate of drug-likeness (QED) is 0.462. The molecule has 0 atom stereocenters. The van der Waals surface area contributed by atoms with Gasteiger partial charge in [0, 0.05) is 0 Å². The number of rotatable bonds is 0. The Morgan fingerprint density at radius 1 is 0.769 bits per heavy atom. The van der Waals surface area contributed by atoms with E-state index in [1.807, 2.05) is 24.3 Å². The Labute approximate surface area is 93.9 Å². The number of hydrogen-bond acceptors (Lipinski definition) is 0. The summed E-state index contributed by atoms with van der Waals surface area (Å²) in [7, 11) is 0. The zero-order chi connectivity index (χ0) is 8.49. The largest absolute Gasteiger partial charge is 2.00 e. The maximum Gasteiger partial charge on any atom is 2.00 e. The molecular formula is C12H14Ru. The molecule has 0 aromatic heterocycles. The van der Waals surface area contributed by atoms with E-state index >= 15 is 0 Å². The van der Waals surface area contributed by atoms with Gasteiger partial charge in [-0.2, -0.15) is 12.2 Å². The normalized spacial score (nSPS) is 17.2. The molecule has 0 aromatic carbocycles. The predicted molar refractivity (Wildman–Crippen MR) is 52.4 cm³/mol. The van der Waals surface area contributed by atoms with Gasteiger partial charge in [-0.25, -0.2) is 24.3 Å². The third-order valence-electron chi connectivity index (χ3n) is 1.61. The Hall–Kier alpha value is -0.417. The van der Waals surface area contributed by atoms with Crippen LogP contribution in [0.3, 0.4) is 0 Å². The molecule has 0 unspecified atom stereocenters. The van der Waals surface area contributed by atoms with E-state index in [0.29, 0.717) is 0 Å². The van der Waals surface area contributed by atoms with Crippen LogP contribution < -0.4 is 0 Å². The number of allylic oxidation sites excluding steroid dienone is 8. The van der Waals surface area contributed by atoms with Crippen molar-refractivity contribution in [1.82, 2.24) is 0 Å². The second kappa shape index (κ2) is 9.67. The monoisotopic (exact) mass is 260 g/mol. The Morgan fingerprint density at radius 2 is 1.23 bits per heavy atom. The van der Waals surface area contributed by atoms with Crippen LogP contribution in [0.15, 0.2) is 36.5 Å². The van der Waals surface area contributed by atoms with E-state index in [-0.39, 0.29) is 19.5 Å². The fraction of sp³-hybridized carbons (Fsp3) is 0.333. The number of hydrogen-bond donors (Lipinski definition) is 0. The third kappa shape index (κ3) is 7.93.